The zero-order valence-electron chi connectivity index (χ0n) is 10.3. The fourth-order valence-corrected chi connectivity index (χ4v) is 1.37. The smallest absolute Gasteiger partial charge is 0.328 e. The molecule has 1 aromatic rings. The van der Waals surface area contributed by atoms with Crippen LogP contribution in [0.1, 0.15) is 32.3 Å². The Kier molecular flexibility index (Phi) is 4.52. The number of carboxylic acids is 1. The summed E-state index contributed by atoms with van der Waals surface area (Å²) in [5, 5.41) is 9.03. The van der Waals surface area contributed by atoms with Crippen LogP contribution in [0.4, 0.5) is 0 Å². The number of unbranched alkanes of at least 4 members (excludes halogenated alkanes) is 1. The van der Waals surface area contributed by atoms with E-state index in [4.69, 9.17) is 15.6 Å². The maximum Gasteiger partial charge on any atom is 0.328 e. The van der Waals surface area contributed by atoms with Crippen molar-refractivity contribution in [1.29, 1.82) is 0 Å². The molecule has 4 nitrogen and oxygen atoms in total. The van der Waals surface area contributed by atoms with Gasteiger partial charge in [0.25, 0.3) is 0 Å². The van der Waals surface area contributed by atoms with Crippen molar-refractivity contribution in [2.24, 2.45) is 5.73 Å². The largest absolute Gasteiger partial charge is 0.494 e. The van der Waals surface area contributed by atoms with E-state index in [1.807, 2.05) is 0 Å². The summed E-state index contributed by atoms with van der Waals surface area (Å²) in [6, 6.07) is 6.94. The molecule has 0 radical (unpaired) electrons. The highest BCUT2D eigenvalue weighted by Crippen LogP contribution is 2.22. The van der Waals surface area contributed by atoms with Gasteiger partial charge in [-0.25, -0.2) is 4.79 Å². The lowest BCUT2D eigenvalue weighted by Gasteiger charge is -2.20. The maximum atomic E-state index is 11.0. The molecule has 4 heteroatoms. The minimum Gasteiger partial charge on any atom is -0.494 e. The minimum atomic E-state index is -1.38. The predicted molar refractivity (Wildman–Crippen MR) is 66.0 cm³/mol. The van der Waals surface area contributed by atoms with E-state index in [9.17, 15) is 4.79 Å². The molecule has 0 aliphatic carbocycles. The Morgan fingerprint density at radius 2 is 2.24 bits per heavy atom. The molecule has 1 atom stereocenters. The second-order valence-electron chi connectivity index (χ2n) is 4.24. The summed E-state index contributed by atoms with van der Waals surface area (Å²) in [5.41, 5.74) is 4.91. The first-order valence-corrected chi connectivity index (χ1v) is 5.74. The van der Waals surface area contributed by atoms with Crippen molar-refractivity contribution in [3.8, 4) is 5.75 Å². The third kappa shape index (κ3) is 3.46. The number of carbonyl (C=O) groups is 1. The van der Waals surface area contributed by atoms with Gasteiger partial charge < -0.3 is 15.6 Å². The van der Waals surface area contributed by atoms with Gasteiger partial charge in [0, 0.05) is 0 Å². The van der Waals surface area contributed by atoms with Gasteiger partial charge in [-0.05, 0) is 31.0 Å². The summed E-state index contributed by atoms with van der Waals surface area (Å²) < 4.78 is 5.51. The van der Waals surface area contributed by atoms with Crippen molar-refractivity contribution in [2.75, 3.05) is 6.61 Å². The van der Waals surface area contributed by atoms with E-state index in [1.54, 1.807) is 24.3 Å². The number of benzene rings is 1. The van der Waals surface area contributed by atoms with E-state index >= 15 is 0 Å². The summed E-state index contributed by atoms with van der Waals surface area (Å²) in [4.78, 5) is 11.0. The van der Waals surface area contributed by atoms with Crippen LogP contribution in [0, 0.1) is 0 Å². The van der Waals surface area contributed by atoms with Crippen LogP contribution in [0.2, 0.25) is 0 Å². The lowest BCUT2D eigenvalue weighted by atomic mass is 9.93. The Morgan fingerprint density at radius 3 is 2.82 bits per heavy atom. The van der Waals surface area contributed by atoms with Crippen LogP contribution in [-0.4, -0.2) is 17.7 Å². The molecule has 0 bridgehead atoms. The fraction of sp³-hybridized carbons (Fsp3) is 0.462. The van der Waals surface area contributed by atoms with Gasteiger partial charge in [-0.3, -0.25) is 0 Å². The summed E-state index contributed by atoms with van der Waals surface area (Å²) in [5.74, 6) is -0.392. The van der Waals surface area contributed by atoms with Gasteiger partial charge >= 0.3 is 5.97 Å². The van der Waals surface area contributed by atoms with Gasteiger partial charge in [0.05, 0.1) is 6.61 Å². The molecule has 0 spiro atoms. The van der Waals surface area contributed by atoms with Crippen molar-refractivity contribution in [2.45, 2.75) is 32.2 Å². The van der Waals surface area contributed by atoms with Gasteiger partial charge in [0.15, 0.2) is 0 Å². The Hall–Kier alpha value is -1.55. The van der Waals surface area contributed by atoms with Crippen molar-refractivity contribution in [3.05, 3.63) is 29.8 Å². The molecular formula is C13H19NO3. The number of carboxylic acid groups (broad SMARTS) is 1. The van der Waals surface area contributed by atoms with Crippen LogP contribution in [0.15, 0.2) is 24.3 Å². The van der Waals surface area contributed by atoms with Crippen molar-refractivity contribution in [1.82, 2.24) is 0 Å². The number of ether oxygens (including phenoxy) is 1. The highest BCUT2D eigenvalue weighted by Gasteiger charge is 2.30. The predicted octanol–water partition coefficient (Wildman–Crippen LogP) is 2.12. The second-order valence-corrected chi connectivity index (χ2v) is 4.24. The molecule has 0 fully saturated rings. The van der Waals surface area contributed by atoms with Gasteiger partial charge in [-0.1, -0.05) is 25.5 Å². The molecule has 0 saturated carbocycles. The van der Waals surface area contributed by atoms with E-state index in [0.29, 0.717) is 17.9 Å². The molecule has 1 unspecified atom stereocenters. The average Bonchev–Trinajstić information content (AvgIpc) is 2.29. The first kappa shape index (κ1) is 13.5. The summed E-state index contributed by atoms with van der Waals surface area (Å²) in [7, 11) is 0. The molecule has 0 heterocycles. The Balaban J connectivity index is 2.82. The van der Waals surface area contributed by atoms with Gasteiger partial charge in [0.2, 0.25) is 0 Å². The van der Waals surface area contributed by atoms with Crippen LogP contribution in [-0.2, 0) is 10.3 Å². The third-order valence-corrected chi connectivity index (χ3v) is 2.64. The minimum absolute atomic E-state index is 0.541. The van der Waals surface area contributed by atoms with E-state index in [1.165, 1.54) is 6.92 Å². The monoisotopic (exact) mass is 237 g/mol. The normalized spacial score (nSPS) is 14.1. The Labute approximate surface area is 101 Å². The molecule has 1 rings (SSSR count). The number of hydrogen-bond donors (Lipinski definition) is 2. The summed E-state index contributed by atoms with van der Waals surface area (Å²) >= 11 is 0. The quantitative estimate of drug-likeness (QED) is 0.743. The molecule has 0 aliphatic heterocycles. The van der Waals surface area contributed by atoms with Gasteiger partial charge in [-0.2, -0.15) is 0 Å². The summed E-state index contributed by atoms with van der Waals surface area (Å²) in [6.07, 6.45) is 2.03. The van der Waals surface area contributed by atoms with Crippen LogP contribution in [0.25, 0.3) is 0 Å². The van der Waals surface area contributed by atoms with Crippen LogP contribution < -0.4 is 10.5 Å². The maximum absolute atomic E-state index is 11.0. The Bertz CT molecular complexity index is 388. The SMILES string of the molecule is CCCCOc1cccc(C(C)(N)C(=O)O)c1. The van der Waals surface area contributed by atoms with E-state index in [2.05, 4.69) is 6.92 Å². The number of rotatable bonds is 6. The average molecular weight is 237 g/mol. The topological polar surface area (TPSA) is 72.5 Å². The van der Waals surface area contributed by atoms with Crippen LogP contribution >= 0.6 is 0 Å². The standard InChI is InChI=1S/C13H19NO3/c1-3-4-8-17-11-7-5-6-10(9-11)13(2,14)12(15)16/h5-7,9H,3-4,8,14H2,1-2H3,(H,15,16). The zero-order valence-corrected chi connectivity index (χ0v) is 10.3. The number of nitrogens with two attached hydrogens (primary N) is 1. The molecular weight excluding hydrogens is 218 g/mol. The highest BCUT2D eigenvalue weighted by atomic mass is 16.5. The third-order valence-electron chi connectivity index (χ3n) is 2.64. The van der Waals surface area contributed by atoms with E-state index in [0.717, 1.165) is 12.8 Å². The van der Waals surface area contributed by atoms with Crippen LogP contribution in [0.3, 0.4) is 0 Å². The molecule has 0 aliphatic rings. The molecule has 0 aromatic heterocycles. The fourth-order valence-electron chi connectivity index (χ4n) is 1.37. The van der Waals surface area contributed by atoms with E-state index < -0.39 is 11.5 Å². The van der Waals surface area contributed by atoms with Crippen molar-refractivity contribution < 1.29 is 14.6 Å². The highest BCUT2D eigenvalue weighted by molar-refractivity contribution is 5.80. The number of hydrogen-bond acceptors (Lipinski definition) is 3. The van der Waals surface area contributed by atoms with Crippen molar-refractivity contribution in [3.63, 3.8) is 0 Å². The van der Waals surface area contributed by atoms with Gasteiger partial charge in [0.1, 0.15) is 11.3 Å². The molecule has 94 valence electrons. The van der Waals surface area contributed by atoms with Gasteiger partial charge in [-0.15, -0.1) is 0 Å². The molecule has 3 N–H and O–H groups in total. The summed E-state index contributed by atoms with van der Waals surface area (Å²) in [6.45, 7) is 4.19. The molecule has 1 aromatic carbocycles. The van der Waals surface area contributed by atoms with E-state index in [-0.39, 0.29) is 0 Å². The molecule has 17 heavy (non-hydrogen) atoms. The first-order valence-electron chi connectivity index (χ1n) is 5.74. The lowest BCUT2D eigenvalue weighted by Crippen LogP contribution is -2.41. The second kappa shape index (κ2) is 5.68. The molecule has 0 saturated heterocycles. The zero-order chi connectivity index (χ0) is 12.9. The van der Waals surface area contributed by atoms with Crippen molar-refractivity contribution >= 4 is 5.97 Å². The van der Waals surface area contributed by atoms with Crippen LogP contribution in [0.5, 0.6) is 5.75 Å². The molecule has 0 amide bonds. The lowest BCUT2D eigenvalue weighted by molar-refractivity contribution is -0.143. The first-order chi connectivity index (χ1) is 7.98. The Morgan fingerprint density at radius 1 is 1.53 bits per heavy atom. The number of aliphatic carboxylic acids is 1.